The molecule has 0 aliphatic rings. The van der Waals surface area contributed by atoms with Crippen molar-refractivity contribution in [1.29, 1.82) is 0 Å². The zero-order valence-corrected chi connectivity index (χ0v) is 12.3. The number of aliphatic hydroxyl groups is 1. The Balaban J connectivity index is 2.43. The van der Waals surface area contributed by atoms with Crippen molar-refractivity contribution in [2.75, 3.05) is 33.5 Å². The van der Waals surface area contributed by atoms with Crippen LogP contribution in [-0.4, -0.2) is 38.6 Å². The summed E-state index contributed by atoms with van der Waals surface area (Å²) < 4.78 is 16.7. The molecule has 0 aliphatic carbocycles. The summed E-state index contributed by atoms with van der Waals surface area (Å²) in [5.74, 6) is 0.676. The van der Waals surface area contributed by atoms with E-state index in [4.69, 9.17) is 14.2 Å². The third-order valence-electron chi connectivity index (χ3n) is 2.34. The largest absolute Gasteiger partial charge is 0.491 e. The van der Waals surface area contributed by atoms with E-state index in [0.29, 0.717) is 32.2 Å². The summed E-state index contributed by atoms with van der Waals surface area (Å²) in [6.45, 7) is 3.79. The fourth-order valence-corrected chi connectivity index (χ4v) is 1.77. The second-order valence-electron chi connectivity index (χ2n) is 3.81. The molecule has 0 aliphatic heterocycles. The minimum absolute atomic E-state index is 0.444. The number of hydrogen-bond donors (Lipinski definition) is 1. The Morgan fingerprint density at radius 1 is 1.22 bits per heavy atom. The van der Waals surface area contributed by atoms with E-state index in [1.54, 1.807) is 14.0 Å². The Kier molecular flexibility index (Phi) is 7.27. The van der Waals surface area contributed by atoms with Gasteiger partial charge in [-0.3, -0.25) is 0 Å². The first-order valence-corrected chi connectivity index (χ1v) is 6.61. The van der Waals surface area contributed by atoms with E-state index in [-0.39, 0.29) is 0 Å². The minimum atomic E-state index is -0.553. The molecule has 1 aromatic carbocycles. The van der Waals surface area contributed by atoms with Crippen molar-refractivity contribution in [3.63, 3.8) is 0 Å². The molecule has 1 unspecified atom stereocenters. The van der Waals surface area contributed by atoms with Crippen LogP contribution in [0.4, 0.5) is 0 Å². The summed E-state index contributed by atoms with van der Waals surface area (Å²) in [5.41, 5.74) is 0.773. The lowest BCUT2D eigenvalue weighted by Crippen LogP contribution is -2.11. The van der Waals surface area contributed by atoms with Gasteiger partial charge in [0.2, 0.25) is 0 Å². The molecule has 0 saturated heterocycles. The summed E-state index contributed by atoms with van der Waals surface area (Å²) >= 11 is 3.38. The lowest BCUT2D eigenvalue weighted by Gasteiger charge is -2.14. The average molecular weight is 319 g/mol. The van der Waals surface area contributed by atoms with Crippen LogP contribution in [0.5, 0.6) is 5.75 Å². The van der Waals surface area contributed by atoms with Crippen LogP contribution >= 0.6 is 15.9 Å². The molecule has 0 amide bonds. The van der Waals surface area contributed by atoms with Gasteiger partial charge in [0, 0.05) is 17.1 Å². The van der Waals surface area contributed by atoms with Gasteiger partial charge >= 0.3 is 0 Å². The molecule has 4 nitrogen and oxygen atoms in total. The topological polar surface area (TPSA) is 47.9 Å². The van der Waals surface area contributed by atoms with Crippen LogP contribution in [-0.2, 0) is 9.47 Å². The minimum Gasteiger partial charge on any atom is -0.491 e. The zero-order chi connectivity index (χ0) is 13.4. The fourth-order valence-electron chi connectivity index (χ4n) is 1.43. The van der Waals surface area contributed by atoms with Crippen LogP contribution in [0.1, 0.15) is 18.6 Å². The van der Waals surface area contributed by atoms with Gasteiger partial charge < -0.3 is 19.3 Å². The van der Waals surface area contributed by atoms with Crippen molar-refractivity contribution in [3.05, 3.63) is 28.2 Å². The van der Waals surface area contributed by atoms with E-state index in [0.717, 1.165) is 10.0 Å². The third-order valence-corrected chi connectivity index (χ3v) is 2.84. The summed E-state index contributed by atoms with van der Waals surface area (Å²) in [7, 11) is 1.64. The molecule has 18 heavy (non-hydrogen) atoms. The molecule has 102 valence electrons. The highest BCUT2D eigenvalue weighted by molar-refractivity contribution is 9.10. The van der Waals surface area contributed by atoms with Crippen LogP contribution in [0.15, 0.2) is 22.7 Å². The number of benzene rings is 1. The smallest absolute Gasteiger partial charge is 0.126 e. The van der Waals surface area contributed by atoms with Crippen molar-refractivity contribution < 1.29 is 19.3 Å². The fraction of sp³-hybridized carbons (Fsp3) is 0.538. The lowest BCUT2D eigenvalue weighted by molar-refractivity contribution is 0.0538. The normalized spacial score (nSPS) is 12.4. The molecule has 0 spiro atoms. The van der Waals surface area contributed by atoms with Gasteiger partial charge in [-0.25, -0.2) is 0 Å². The highest BCUT2D eigenvalue weighted by atomic mass is 79.9. The van der Waals surface area contributed by atoms with Crippen LogP contribution in [0, 0.1) is 0 Å². The summed E-state index contributed by atoms with van der Waals surface area (Å²) in [6, 6.07) is 5.57. The maximum Gasteiger partial charge on any atom is 0.126 e. The highest BCUT2D eigenvalue weighted by Crippen LogP contribution is 2.28. The number of methoxy groups -OCH3 is 1. The van der Waals surface area contributed by atoms with Crippen LogP contribution in [0.3, 0.4) is 0 Å². The van der Waals surface area contributed by atoms with Crippen molar-refractivity contribution in [3.8, 4) is 5.75 Å². The Labute approximate surface area is 116 Å². The predicted octanol–water partition coefficient (Wildman–Crippen LogP) is 2.54. The molecule has 1 rings (SSSR count). The molecule has 0 bridgehead atoms. The average Bonchev–Trinajstić information content (AvgIpc) is 2.33. The second-order valence-corrected chi connectivity index (χ2v) is 4.73. The standard InChI is InChI=1S/C13H19BrO4/c1-10(15)12-4-3-11(14)9-13(12)18-8-7-17-6-5-16-2/h3-4,9-10,15H,5-8H2,1-2H3. The Morgan fingerprint density at radius 2 is 1.94 bits per heavy atom. The molecule has 5 heteroatoms. The van der Waals surface area contributed by atoms with E-state index < -0.39 is 6.10 Å². The number of rotatable bonds is 8. The van der Waals surface area contributed by atoms with Gasteiger partial charge in [-0.1, -0.05) is 22.0 Å². The summed E-state index contributed by atoms with van der Waals surface area (Å²) in [5, 5.41) is 9.63. The first-order chi connectivity index (χ1) is 8.65. The molecule has 1 aromatic rings. The number of halogens is 1. The van der Waals surface area contributed by atoms with Crippen molar-refractivity contribution >= 4 is 15.9 Å². The highest BCUT2D eigenvalue weighted by Gasteiger charge is 2.09. The molecule has 0 radical (unpaired) electrons. The van der Waals surface area contributed by atoms with Gasteiger partial charge in [0.1, 0.15) is 12.4 Å². The first-order valence-electron chi connectivity index (χ1n) is 5.82. The molecule has 1 N–H and O–H groups in total. The van der Waals surface area contributed by atoms with E-state index in [1.165, 1.54) is 0 Å². The monoisotopic (exact) mass is 318 g/mol. The number of hydrogen-bond acceptors (Lipinski definition) is 4. The SMILES string of the molecule is COCCOCCOc1cc(Br)ccc1C(C)O. The van der Waals surface area contributed by atoms with Crippen molar-refractivity contribution in [2.45, 2.75) is 13.0 Å². The van der Waals surface area contributed by atoms with Gasteiger partial charge in [-0.2, -0.15) is 0 Å². The molecular weight excluding hydrogens is 300 g/mol. The van der Waals surface area contributed by atoms with Gasteiger partial charge in [0.25, 0.3) is 0 Å². The maximum absolute atomic E-state index is 9.63. The van der Waals surface area contributed by atoms with Crippen molar-refractivity contribution in [1.82, 2.24) is 0 Å². The Hall–Kier alpha value is -0.620. The van der Waals surface area contributed by atoms with E-state index >= 15 is 0 Å². The molecule has 0 heterocycles. The van der Waals surface area contributed by atoms with Crippen LogP contribution < -0.4 is 4.74 Å². The predicted molar refractivity (Wildman–Crippen MR) is 73.0 cm³/mol. The number of ether oxygens (including phenoxy) is 3. The first kappa shape index (κ1) is 15.4. The van der Waals surface area contributed by atoms with Crippen LogP contribution in [0.25, 0.3) is 0 Å². The van der Waals surface area contributed by atoms with Gasteiger partial charge in [0.05, 0.1) is 25.9 Å². The maximum atomic E-state index is 9.63. The van der Waals surface area contributed by atoms with Gasteiger partial charge in [-0.05, 0) is 19.1 Å². The second kappa shape index (κ2) is 8.48. The van der Waals surface area contributed by atoms with Gasteiger partial charge in [-0.15, -0.1) is 0 Å². The molecular formula is C13H19BrO4. The molecule has 1 atom stereocenters. The Bertz CT molecular complexity index is 355. The molecule has 0 saturated carbocycles. The van der Waals surface area contributed by atoms with E-state index in [1.807, 2.05) is 18.2 Å². The molecule has 0 aromatic heterocycles. The van der Waals surface area contributed by atoms with Crippen molar-refractivity contribution in [2.24, 2.45) is 0 Å². The van der Waals surface area contributed by atoms with E-state index in [9.17, 15) is 5.11 Å². The molecule has 0 fully saturated rings. The third kappa shape index (κ3) is 5.35. The quantitative estimate of drug-likeness (QED) is 0.748. The summed E-state index contributed by atoms with van der Waals surface area (Å²) in [6.07, 6.45) is -0.553. The number of aliphatic hydroxyl groups excluding tert-OH is 1. The summed E-state index contributed by atoms with van der Waals surface area (Å²) in [4.78, 5) is 0. The van der Waals surface area contributed by atoms with Gasteiger partial charge in [0.15, 0.2) is 0 Å². The zero-order valence-electron chi connectivity index (χ0n) is 10.7. The van der Waals surface area contributed by atoms with E-state index in [2.05, 4.69) is 15.9 Å². The lowest BCUT2D eigenvalue weighted by atomic mass is 10.1. The Morgan fingerprint density at radius 3 is 2.61 bits per heavy atom. The van der Waals surface area contributed by atoms with Crippen LogP contribution in [0.2, 0.25) is 0 Å².